The van der Waals surface area contributed by atoms with Crippen molar-refractivity contribution in [2.75, 3.05) is 13.6 Å². The van der Waals surface area contributed by atoms with Gasteiger partial charge < -0.3 is 15.9 Å². The minimum atomic E-state index is -1.17. The fourth-order valence-corrected chi connectivity index (χ4v) is 2.31. The van der Waals surface area contributed by atoms with Crippen LogP contribution in [0, 0.1) is 0 Å². The van der Waals surface area contributed by atoms with Crippen LogP contribution in [0.5, 0.6) is 0 Å². The van der Waals surface area contributed by atoms with Gasteiger partial charge in [0.15, 0.2) is 0 Å². The van der Waals surface area contributed by atoms with Crippen LogP contribution in [-0.4, -0.2) is 51.7 Å². The molecule has 0 bridgehead atoms. The molecule has 0 saturated carbocycles. The highest BCUT2D eigenvalue weighted by molar-refractivity contribution is 5.74. The van der Waals surface area contributed by atoms with Gasteiger partial charge in [-0.25, -0.2) is 0 Å². The molecule has 1 unspecified atom stereocenters. The van der Waals surface area contributed by atoms with E-state index in [0.29, 0.717) is 6.04 Å². The topological polar surface area (TPSA) is 117 Å². The Morgan fingerprint density at radius 3 is 2.68 bits per heavy atom. The first-order valence-corrected chi connectivity index (χ1v) is 7.22. The fraction of sp³-hybridized carbons (Fsp3) is 0.533. The van der Waals surface area contributed by atoms with Crippen molar-refractivity contribution in [3.63, 3.8) is 0 Å². The number of hydrogen-bond acceptors (Lipinski definition) is 5. The van der Waals surface area contributed by atoms with Crippen LogP contribution in [-0.2, 0) is 9.59 Å². The summed E-state index contributed by atoms with van der Waals surface area (Å²) in [5.74, 6) is -2.20. The Morgan fingerprint density at radius 1 is 1.50 bits per heavy atom. The first kappa shape index (κ1) is 18.1. The summed E-state index contributed by atoms with van der Waals surface area (Å²) in [6.45, 7) is 1.22. The Kier molecular flexibility index (Phi) is 7.48. The van der Waals surface area contributed by atoms with Gasteiger partial charge in [0.25, 0.3) is 0 Å². The lowest BCUT2D eigenvalue weighted by Gasteiger charge is -2.18. The first-order chi connectivity index (χ1) is 10.4. The molecule has 1 aromatic heterocycles. The van der Waals surface area contributed by atoms with E-state index in [2.05, 4.69) is 23.0 Å². The minimum absolute atomic E-state index is 0.0231. The fourth-order valence-electron chi connectivity index (χ4n) is 2.31. The van der Waals surface area contributed by atoms with Gasteiger partial charge in [-0.15, -0.1) is 0 Å². The first-order valence-electron chi connectivity index (χ1n) is 7.22. The van der Waals surface area contributed by atoms with E-state index in [4.69, 9.17) is 15.9 Å². The Balaban J connectivity index is 0.000000225. The number of carboxylic acids is 2. The van der Waals surface area contributed by atoms with Crippen molar-refractivity contribution in [1.82, 2.24) is 9.88 Å². The van der Waals surface area contributed by atoms with Crippen LogP contribution in [0.2, 0.25) is 0 Å². The summed E-state index contributed by atoms with van der Waals surface area (Å²) >= 11 is 0. The van der Waals surface area contributed by atoms with Crippen LogP contribution in [0.1, 0.15) is 37.3 Å². The molecule has 4 N–H and O–H groups in total. The van der Waals surface area contributed by atoms with E-state index >= 15 is 0 Å². The average Bonchev–Trinajstić information content (AvgIpc) is 2.92. The quantitative estimate of drug-likeness (QED) is 0.746. The van der Waals surface area contributed by atoms with Crippen molar-refractivity contribution in [1.29, 1.82) is 0 Å². The number of nitrogens with two attached hydrogens (primary N) is 1. The van der Waals surface area contributed by atoms with Gasteiger partial charge in [-0.3, -0.25) is 19.5 Å². The largest absolute Gasteiger partial charge is 0.481 e. The standard InChI is InChI=1S/C10H14N2.C5H9NO4/c1-12-7-3-5-10(12)9-4-2-6-11-8-9;6-3(5(9)10)1-2-4(7)8/h2,4,6,8,10H,3,5,7H2,1H3;3H,1-2,6H2,(H,7,8)(H,9,10)/t;3-/m.0/s1. The summed E-state index contributed by atoms with van der Waals surface area (Å²) in [6.07, 6.45) is 6.18. The average molecular weight is 309 g/mol. The van der Waals surface area contributed by atoms with E-state index < -0.39 is 18.0 Å². The molecule has 122 valence electrons. The van der Waals surface area contributed by atoms with Crippen LogP contribution in [0.4, 0.5) is 0 Å². The number of likely N-dealkylation sites (tertiary alicyclic amines) is 1. The van der Waals surface area contributed by atoms with Crippen LogP contribution in [0.25, 0.3) is 0 Å². The molecule has 7 heteroatoms. The van der Waals surface area contributed by atoms with Crippen LogP contribution < -0.4 is 5.73 Å². The van der Waals surface area contributed by atoms with Gasteiger partial charge in [-0.05, 0) is 44.5 Å². The Hall–Kier alpha value is -1.99. The number of hydrogen-bond donors (Lipinski definition) is 3. The van der Waals surface area contributed by atoms with Gasteiger partial charge in [0.2, 0.25) is 0 Å². The maximum Gasteiger partial charge on any atom is 0.320 e. The predicted octanol–water partition coefficient (Wildman–Crippen LogP) is 1.11. The summed E-state index contributed by atoms with van der Waals surface area (Å²) in [7, 11) is 2.19. The minimum Gasteiger partial charge on any atom is -0.481 e. The van der Waals surface area contributed by atoms with E-state index in [9.17, 15) is 9.59 Å². The van der Waals surface area contributed by atoms with Crippen LogP contribution >= 0.6 is 0 Å². The van der Waals surface area contributed by atoms with Crippen LogP contribution in [0.15, 0.2) is 24.5 Å². The molecule has 2 rings (SSSR count). The lowest BCUT2D eigenvalue weighted by Crippen LogP contribution is -2.30. The SMILES string of the molecule is CN1CCCC1c1cccnc1.N[C@@H](CCC(=O)O)C(=O)O. The summed E-state index contributed by atoms with van der Waals surface area (Å²) in [4.78, 5) is 26.4. The smallest absolute Gasteiger partial charge is 0.320 e. The van der Waals surface area contributed by atoms with Crippen molar-refractivity contribution in [2.24, 2.45) is 5.73 Å². The number of nitrogens with zero attached hydrogens (tertiary/aromatic N) is 2. The predicted molar refractivity (Wildman–Crippen MR) is 81.3 cm³/mol. The molecule has 1 aliphatic heterocycles. The maximum absolute atomic E-state index is 9.99. The van der Waals surface area contributed by atoms with Gasteiger partial charge in [0, 0.05) is 24.9 Å². The third-order valence-corrected chi connectivity index (χ3v) is 3.58. The van der Waals surface area contributed by atoms with Gasteiger partial charge in [0.1, 0.15) is 6.04 Å². The highest BCUT2D eigenvalue weighted by Crippen LogP contribution is 2.29. The monoisotopic (exact) mass is 309 g/mol. The molecule has 7 nitrogen and oxygen atoms in total. The molecule has 0 spiro atoms. The molecule has 0 amide bonds. The van der Waals surface area contributed by atoms with Crippen molar-refractivity contribution in [3.05, 3.63) is 30.1 Å². The number of rotatable bonds is 5. The van der Waals surface area contributed by atoms with Gasteiger partial charge in [-0.2, -0.15) is 0 Å². The Labute approximate surface area is 129 Å². The van der Waals surface area contributed by atoms with E-state index in [1.165, 1.54) is 24.9 Å². The third-order valence-electron chi connectivity index (χ3n) is 3.58. The molecule has 2 heterocycles. The normalized spacial score (nSPS) is 19.1. The van der Waals surface area contributed by atoms with Crippen molar-refractivity contribution < 1.29 is 19.8 Å². The molecule has 0 aliphatic carbocycles. The summed E-state index contributed by atoms with van der Waals surface area (Å²) in [5.41, 5.74) is 6.36. The van der Waals surface area contributed by atoms with E-state index in [-0.39, 0.29) is 12.8 Å². The molecule has 2 atom stereocenters. The molecular weight excluding hydrogens is 286 g/mol. The number of pyridine rings is 1. The molecule has 1 aliphatic rings. The van der Waals surface area contributed by atoms with E-state index in [1.54, 1.807) is 0 Å². The zero-order chi connectivity index (χ0) is 16.5. The Bertz CT molecular complexity index is 481. The number of aliphatic carboxylic acids is 2. The Morgan fingerprint density at radius 2 is 2.23 bits per heavy atom. The molecule has 22 heavy (non-hydrogen) atoms. The van der Waals surface area contributed by atoms with Gasteiger partial charge in [0.05, 0.1) is 0 Å². The van der Waals surface area contributed by atoms with Crippen molar-refractivity contribution >= 4 is 11.9 Å². The number of carboxylic acid groups (broad SMARTS) is 2. The molecular formula is C15H23N3O4. The second-order valence-corrected chi connectivity index (χ2v) is 5.30. The van der Waals surface area contributed by atoms with E-state index in [0.717, 1.165) is 0 Å². The third kappa shape index (κ3) is 6.19. The molecule has 0 radical (unpaired) electrons. The van der Waals surface area contributed by atoms with Gasteiger partial charge in [-0.1, -0.05) is 6.07 Å². The summed E-state index contributed by atoms with van der Waals surface area (Å²) in [5, 5.41) is 16.3. The summed E-state index contributed by atoms with van der Waals surface area (Å²) < 4.78 is 0. The molecule has 1 fully saturated rings. The van der Waals surface area contributed by atoms with E-state index in [1.807, 2.05) is 18.5 Å². The van der Waals surface area contributed by atoms with Crippen molar-refractivity contribution in [3.8, 4) is 0 Å². The van der Waals surface area contributed by atoms with Crippen molar-refractivity contribution in [2.45, 2.75) is 37.8 Å². The number of carbonyl (C=O) groups is 2. The second-order valence-electron chi connectivity index (χ2n) is 5.30. The molecule has 1 saturated heterocycles. The second kappa shape index (κ2) is 9.11. The lowest BCUT2D eigenvalue weighted by atomic mass is 10.1. The highest BCUT2D eigenvalue weighted by Gasteiger charge is 2.21. The maximum atomic E-state index is 9.99. The van der Waals surface area contributed by atoms with Gasteiger partial charge >= 0.3 is 11.9 Å². The lowest BCUT2D eigenvalue weighted by molar-refractivity contribution is -0.139. The zero-order valence-corrected chi connectivity index (χ0v) is 12.7. The van der Waals surface area contributed by atoms with Crippen LogP contribution in [0.3, 0.4) is 0 Å². The highest BCUT2D eigenvalue weighted by atomic mass is 16.4. The summed E-state index contributed by atoms with van der Waals surface area (Å²) in [6, 6.07) is 3.73. The number of aromatic nitrogens is 1. The molecule has 1 aromatic rings. The molecule has 0 aromatic carbocycles. The zero-order valence-electron chi connectivity index (χ0n) is 12.7.